The van der Waals surface area contributed by atoms with Gasteiger partial charge >= 0.3 is 0 Å². The Morgan fingerprint density at radius 3 is 2.40 bits per heavy atom. The highest BCUT2D eigenvalue weighted by Crippen LogP contribution is 2.19. The van der Waals surface area contributed by atoms with E-state index in [2.05, 4.69) is 15.1 Å². The number of hydrogen-bond donors (Lipinski definition) is 1. The number of amides is 1. The molecule has 152 valence electrons. The second-order valence-electron chi connectivity index (χ2n) is 7.50. The normalized spacial score (nSPS) is 11.1. The minimum Gasteiger partial charge on any atom is -0.272 e. The molecule has 30 heavy (non-hydrogen) atoms. The summed E-state index contributed by atoms with van der Waals surface area (Å²) in [7, 11) is 0. The fourth-order valence-corrected chi connectivity index (χ4v) is 3.29. The van der Waals surface area contributed by atoms with Crippen molar-refractivity contribution in [1.29, 1.82) is 0 Å². The van der Waals surface area contributed by atoms with Crippen molar-refractivity contribution < 1.29 is 4.79 Å². The summed E-state index contributed by atoms with van der Waals surface area (Å²) in [6, 6.07) is 15.4. The van der Waals surface area contributed by atoms with E-state index in [0.29, 0.717) is 23.4 Å². The number of fused-ring (bicyclic) bond motifs is 1. The van der Waals surface area contributed by atoms with E-state index in [1.807, 2.05) is 56.3 Å². The molecule has 0 aliphatic carbocycles. The minimum absolute atomic E-state index is 0.200. The molecule has 0 radical (unpaired) electrons. The van der Waals surface area contributed by atoms with Crippen molar-refractivity contribution in [2.75, 3.05) is 4.90 Å². The third-order valence-corrected chi connectivity index (χ3v) is 5.29. The van der Waals surface area contributed by atoms with Crippen LogP contribution in [0.25, 0.3) is 5.78 Å². The Morgan fingerprint density at radius 2 is 1.70 bits per heavy atom. The van der Waals surface area contributed by atoms with Gasteiger partial charge in [-0.1, -0.05) is 48.0 Å². The summed E-state index contributed by atoms with van der Waals surface area (Å²) < 4.78 is 1.28. The van der Waals surface area contributed by atoms with Crippen LogP contribution in [0.1, 0.15) is 38.3 Å². The molecule has 0 saturated carbocycles. The van der Waals surface area contributed by atoms with Gasteiger partial charge in [0.15, 0.2) is 0 Å². The predicted octanol–water partition coefficient (Wildman–Crippen LogP) is 3.50. The molecule has 2 aromatic heterocycles. The van der Waals surface area contributed by atoms with Gasteiger partial charge in [-0.3, -0.25) is 19.6 Å². The highest BCUT2D eigenvalue weighted by Gasteiger charge is 2.23. The fraction of sp³-hybridized carbons (Fsp3) is 0.217. The monoisotopic (exact) mass is 401 g/mol. The largest absolute Gasteiger partial charge is 0.277 e. The van der Waals surface area contributed by atoms with Gasteiger partial charge in [0.1, 0.15) is 0 Å². The van der Waals surface area contributed by atoms with Gasteiger partial charge < -0.3 is 0 Å². The molecule has 7 nitrogen and oxygen atoms in total. The molecule has 2 heterocycles. The first-order valence-corrected chi connectivity index (χ1v) is 9.74. The number of nitrogens with one attached hydrogen (secondary N) is 1. The van der Waals surface area contributed by atoms with E-state index in [-0.39, 0.29) is 23.2 Å². The Balaban J connectivity index is 1.84. The van der Waals surface area contributed by atoms with Gasteiger partial charge in [0.05, 0.1) is 6.54 Å². The van der Waals surface area contributed by atoms with E-state index < -0.39 is 0 Å². The molecule has 0 aliphatic heterocycles. The summed E-state index contributed by atoms with van der Waals surface area (Å²) in [4.78, 5) is 36.5. The van der Waals surface area contributed by atoms with Crippen LogP contribution in [0.2, 0.25) is 0 Å². The molecule has 4 rings (SSSR count). The summed E-state index contributed by atoms with van der Waals surface area (Å²) in [5.41, 5.74) is 4.48. The third kappa shape index (κ3) is 3.50. The standard InChI is InChI=1S/C23H23N5O2/c1-14-9-11-18(12-10-14)13-27(21(30)19-8-6-5-7-15(19)2)23-25-22-24-17(4)16(3)20(29)28(22)26-23/h5-12H,13H2,1-4H3,(H,24,25,26). The summed E-state index contributed by atoms with van der Waals surface area (Å²) in [6.07, 6.45) is 0. The van der Waals surface area contributed by atoms with Gasteiger partial charge in [0, 0.05) is 16.8 Å². The zero-order valence-corrected chi connectivity index (χ0v) is 17.4. The van der Waals surface area contributed by atoms with Crippen molar-refractivity contribution in [1.82, 2.24) is 19.6 Å². The molecule has 0 fully saturated rings. The minimum atomic E-state index is -0.227. The number of carbonyl (C=O) groups excluding carboxylic acids is 1. The molecule has 2 aromatic carbocycles. The molecule has 0 saturated heterocycles. The van der Waals surface area contributed by atoms with Gasteiger partial charge in [0.2, 0.25) is 5.95 Å². The van der Waals surface area contributed by atoms with Crippen LogP contribution >= 0.6 is 0 Å². The molecule has 4 aromatic rings. The number of aromatic nitrogens is 4. The van der Waals surface area contributed by atoms with E-state index >= 15 is 0 Å². The van der Waals surface area contributed by atoms with Gasteiger partial charge in [-0.15, -0.1) is 0 Å². The van der Waals surface area contributed by atoms with Crippen molar-refractivity contribution in [3.8, 4) is 0 Å². The lowest BCUT2D eigenvalue weighted by Crippen LogP contribution is -2.32. The van der Waals surface area contributed by atoms with Crippen LogP contribution in [0.4, 0.5) is 5.95 Å². The van der Waals surface area contributed by atoms with Gasteiger partial charge in [-0.2, -0.15) is 9.50 Å². The maximum Gasteiger partial charge on any atom is 0.277 e. The van der Waals surface area contributed by atoms with Crippen LogP contribution in [0.15, 0.2) is 53.3 Å². The van der Waals surface area contributed by atoms with Crippen LogP contribution < -0.4 is 10.5 Å². The molecule has 0 bridgehead atoms. The highest BCUT2D eigenvalue weighted by atomic mass is 16.2. The van der Waals surface area contributed by atoms with Crippen molar-refractivity contribution in [3.05, 3.63) is 92.4 Å². The highest BCUT2D eigenvalue weighted by molar-refractivity contribution is 6.06. The van der Waals surface area contributed by atoms with E-state index in [0.717, 1.165) is 16.7 Å². The molecule has 0 spiro atoms. The molecule has 0 unspecified atom stereocenters. The first-order valence-electron chi connectivity index (χ1n) is 9.74. The Morgan fingerprint density at radius 1 is 1.00 bits per heavy atom. The van der Waals surface area contributed by atoms with E-state index in [9.17, 15) is 9.59 Å². The Bertz CT molecular complexity index is 1300. The Hall–Kier alpha value is -3.74. The number of hydrogen-bond acceptors (Lipinski definition) is 4. The van der Waals surface area contributed by atoms with Crippen molar-refractivity contribution in [2.24, 2.45) is 0 Å². The second kappa shape index (κ2) is 7.59. The van der Waals surface area contributed by atoms with Crippen LogP contribution in [0.3, 0.4) is 0 Å². The van der Waals surface area contributed by atoms with E-state index in [4.69, 9.17) is 0 Å². The SMILES string of the molecule is Cc1ccc(CN(C(=O)c2ccccc2C)c2nc3nc(C)c(C)c(=O)n3[nH]2)cc1. The van der Waals surface area contributed by atoms with Crippen molar-refractivity contribution in [3.63, 3.8) is 0 Å². The number of rotatable bonds is 4. The third-order valence-electron chi connectivity index (χ3n) is 5.29. The number of aromatic amines is 1. The van der Waals surface area contributed by atoms with Gasteiger partial charge in [-0.25, -0.2) is 4.98 Å². The van der Waals surface area contributed by atoms with E-state index in [1.165, 1.54) is 4.52 Å². The number of H-pyrrole nitrogens is 1. The summed E-state index contributed by atoms with van der Waals surface area (Å²) in [5, 5.41) is 2.97. The van der Waals surface area contributed by atoms with Crippen molar-refractivity contribution >= 4 is 17.6 Å². The van der Waals surface area contributed by atoms with Crippen LogP contribution in [0, 0.1) is 27.7 Å². The molecule has 1 N–H and O–H groups in total. The molecule has 0 atom stereocenters. The summed E-state index contributed by atoms with van der Waals surface area (Å²) in [6.45, 7) is 7.71. The lowest BCUT2D eigenvalue weighted by atomic mass is 10.1. The topological polar surface area (TPSA) is 83.4 Å². The van der Waals surface area contributed by atoms with Crippen LogP contribution in [-0.2, 0) is 6.54 Å². The molecular formula is C23H23N5O2. The zero-order chi connectivity index (χ0) is 21.4. The van der Waals surface area contributed by atoms with Crippen LogP contribution in [-0.4, -0.2) is 25.5 Å². The Labute approximate surface area is 174 Å². The maximum absolute atomic E-state index is 13.5. The van der Waals surface area contributed by atoms with Gasteiger partial charge in [-0.05, 0) is 44.9 Å². The van der Waals surface area contributed by atoms with Crippen molar-refractivity contribution in [2.45, 2.75) is 34.2 Å². The first kappa shape index (κ1) is 19.6. The number of carbonyl (C=O) groups is 1. The molecular weight excluding hydrogens is 378 g/mol. The first-order chi connectivity index (χ1) is 14.3. The fourth-order valence-electron chi connectivity index (χ4n) is 3.29. The number of aryl methyl sites for hydroxylation is 3. The molecule has 0 aliphatic rings. The van der Waals surface area contributed by atoms with Crippen LogP contribution in [0.5, 0.6) is 0 Å². The smallest absolute Gasteiger partial charge is 0.272 e. The summed E-state index contributed by atoms with van der Waals surface area (Å²) >= 11 is 0. The average Bonchev–Trinajstić information content (AvgIpc) is 3.15. The molecule has 1 amide bonds. The van der Waals surface area contributed by atoms with E-state index in [1.54, 1.807) is 24.8 Å². The molecule has 7 heteroatoms. The Kier molecular flexibility index (Phi) is 4.95. The second-order valence-corrected chi connectivity index (χ2v) is 7.50. The summed E-state index contributed by atoms with van der Waals surface area (Å²) in [5.74, 6) is 0.317. The average molecular weight is 401 g/mol. The zero-order valence-electron chi connectivity index (χ0n) is 17.4. The number of nitrogens with zero attached hydrogens (tertiary/aromatic N) is 4. The lowest BCUT2D eigenvalue weighted by Gasteiger charge is -2.21. The number of benzene rings is 2. The maximum atomic E-state index is 13.5. The number of anilines is 1. The lowest BCUT2D eigenvalue weighted by molar-refractivity contribution is 0.0983. The quantitative estimate of drug-likeness (QED) is 0.567. The van der Waals surface area contributed by atoms with Gasteiger partial charge in [0.25, 0.3) is 17.2 Å². The predicted molar refractivity (Wildman–Crippen MR) is 116 cm³/mol.